The predicted molar refractivity (Wildman–Crippen MR) is 63.0 cm³/mol. The van der Waals surface area contributed by atoms with Crippen LogP contribution >= 0.6 is 0 Å². The van der Waals surface area contributed by atoms with Crippen LogP contribution in [-0.2, 0) is 6.18 Å². The minimum Gasteiger partial charge on any atom is -0.461 e. The van der Waals surface area contributed by atoms with Crippen molar-refractivity contribution < 1.29 is 22.4 Å². The largest absolute Gasteiger partial charge is 0.461 e. The third-order valence-electron chi connectivity index (χ3n) is 2.44. The predicted octanol–water partition coefficient (Wildman–Crippen LogP) is 3.59. The molecule has 0 spiro atoms. The summed E-state index contributed by atoms with van der Waals surface area (Å²) in [5, 5.41) is 2.64. The van der Waals surface area contributed by atoms with Gasteiger partial charge < -0.3 is 9.73 Å². The number of benzene rings is 1. The summed E-state index contributed by atoms with van der Waals surface area (Å²) in [5.74, 6) is -0.165. The maximum absolute atomic E-state index is 12.5. The summed E-state index contributed by atoms with van der Waals surface area (Å²) in [6.07, 6.45) is -3.04. The van der Waals surface area contributed by atoms with Crippen molar-refractivity contribution in [2.24, 2.45) is 0 Å². The van der Waals surface area contributed by atoms with Crippen LogP contribution in [0.5, 0.6) is 0 Å². The van der Waals surface area contributed by atoms with Gasteiger partial charge in [-0.15, -0.1) is 0 Å². The molecule has 100 valence electrons. The minimum atomic E-state index is -4.40. The number of nitrogens with one attached hydrogen (secondary N) is 1. The van der Waals surface area contributed by atoms with Gasteiger partial charge in [-0.05, 0) is 30.3 Å². The first-order valence-corrected chi connectivity index (χ1v) is 5.44. The highest BCUT2D eigenvalue weighted by Gasteiger charge is 2.30. The fourth-order valence-corrected chi connectivity index (χ4v) is 1.51. The number of halogens is 3. The quantitative estimate of drug-likeness (QED) is 0.862. The second kappa shape index (κ2) is 5.17. The van der Waals surface area contributed by atoms with Gasteiger partial charge in [0.2, 0.25) is 5.78 Å². The van der Waals surface area contributed by atoms with Crippen LogP contribution in [0.1, 0.15) is 16.1 Å². The lowest BCUT2D eigenvalue weighted by atomic mass is 10.2. The molecule has 2 aromatic rings. The number of carbonyl (C=O) groups is 1. The average Bonchev–Trinajstić information content (AvgIpc) is 2.89. The summed E-state index contributed by atoms with van der Waals surface area (Å²) in [5.41, 5.74) is -0.530. The smallest absolute Gasteiger partial charge is 0.416 e. The molecular formula is C13H10F3NO2. The molecule has 1 aromatic carbocycles. The molecule has 0 saturated carbocycles. The first-order valence-electron chi connectivity index (χ1n) is 5.44. The maximum Gasteiger partial charge on any atom is 0.416 e. The summed E-state index contributed by atoms with van der Waals surface area (Å²) in [4.78, 5) is 11.6. The monoisotopic (exact) mass is 269 g/mol. The zero-order valence-electron chi connectivity index (χ0n) is 9.70. The summed E-state index contributed by atoms with van der Waals surface area (Å²) < 4.78 is 42.3. The van der Waals surface area contributed by atoms with Crippen molar-refractivity contribution in [3.63, 3.8) is 0 Å². The average molecular weight is 269 g/mol. The van der Waals surface area contributed by atoms with Crippen molar-refractivity contribution in [2.45, 2.75) is 6.18 Å². The van der Waals surface area contributed by atoms with Crippen LogP contribution in [0.3, 0.4) is 0 Å². The van der Waals surface area contributed by atoms with E-state index in [-0.39, 0.29) is 23.8 Å². The van der Waals surface area contributed by atoms with E-state index in [4.69, 9.17) is 4.42 Å². The zero-order chi connectivity index (χ0) is 13.9. The number of anilines is 1. The van der Waals surface area contributed by atoms with Crippen molar-refractivity contribution in [2.75, 3.05) is 11.9 Å². The molecular weight excluding hydrogens is 259 g/mol. The Bertz CT molecular complexity index is 562. The number of rotatable bonds is 4. The second-order valence-electron chi connectivity index (χ2n) is 3.83. The molecule has 0 bridgehead atoms. The molecule has 6 heteroatoms. The lowest BCUT2D eigenvalue weighted by molar-refractivity contribution is -0.137. The Morgan fingerprint density at radius 1 is 1.21 bits per heavy atom. The number of ketones is 1. The molecule has 1 heterocycles. The minimum absolute atomic E-state index is 0.130. The Hall–Kier alpha value is -2.24. The van der Waals surface area contributed by atoms with E-state index in [0.717, 1.165) is 12.1 Å². The number of alkyl halides is 3. The molecule has 0 saturated heterocycles. The van der Waals surface area contributed by atoms with Crippen LogP contribution in [0, 0.1) is 0 Å². The highest BCUT2D eigenvalue weighted by Crippen LogP contribution is 2.30. The molecule has 1 aromatic heterocycles. The van der Waals surface area contributed by atoms with Gasteiger partial charge in [0.15, 0.2) is 5.76 Å². The van der Waals surface area contributed by atoms with Gasteiger partial charge in [-0.3, -0.25) is 4.79 Å². The first kappa shape index (κ1) is 13.2. The molecule has 19 heavy (non-hydrogen) atoms. The Balaban J connectivity index is 2.02. The van der Waals surface area contributed by atoms with Crippen molar-refractivity contribution in [3.05, 3.63) is 54.0 Å². The number of hydrogen-bond donors (Lipinski definition) is 1. The molecule has 3 nitrogen and oxygen atoms in total. The molecule has 0 radical (unpaired) electrons. The van der Waals surface area contributed by atoms with Gasteiger partial charge in [-0.25, -0.2) is 0 Å². The van der Waals surface area contributed by atoms with Gasteiger partial charge in [-0.1, -0.05) is 6.07 Å². The molecule has 0 aliphatic rings. The van der Waals surface area contributed by atoms with Crippen molar-refractivity contribution in [1.29, 1.82) is 0 Å². The van der Waals surface area contributed by atoms with E-state index in [9.17, 15) is 18.0 Å². The SMILES string of the molecule is O=C(CNc1cccc(C(F)(F)F)c1)c1ccco1. The van der Waals surface area contributed by atoms with E-state index in [1.165, 1.54) is 24.5 Å². The number of carbonyl (C=O) groups excluding carboxylic acids is 1. The molecule has 0 aliphatic heterocycles. The molecule has 2 rings (SSSR count). The maximum atomic E-state index is 12.5. The Morgan fingerprint density at radius 3 is 2.63 bits per heavy atom. The molecule has 0 fully saturated rings. The molecule has 0 unspecified atom stereocenters. The topological polar surface area (TPSA) is 42.2 Å². The molecule has 0 atom stereocenters. The third-order valence-corrected chi connectivity index (χ3v) is 2.44. The van der Waals surface area contributed by atoms with E-state index < -0.39 is 11.7 Å². The van der Waals surface area contributed by atoms with Gasteiger partial charge in [0.25, 0.3) is 0 Å². The molecule has 0 amide bonds. The van der Waals surface area contributed by atoms with Gasteiger partial charge >= 0.3 is 6.18 Å². The van der Waals surface area contributed by atoms with E-state index in [1.54, 1.807) is 6.07 Å². The van der Waals surface area contributed by atoms with Gasteiger partial charge in [0.1, 0.15) is 0 Å². The van der Waals surface area contributed by atoms with Crippen LogP contribution in [0.25, 0.3) is 0 Å². The van der Waals surface area contributed by atoms with Gasteiger partial charge in [0, 0.05) is 5.69 Å². The zero-order valence-corrected chi connectivity index (χ0v) is 9.70. The summed E-state index contributed by atoms with van der Waals surface area (Å²) in [6.45, 7) is -0.130. The Morgan fingerprint density at radius 2 is 2.00 bits per heavy atom. The van der Waals surface area contributed by atoms with Gasteiger partial charge in [-0.2, -0.15) is 13.2 Å². The lowest BCUT2D eigenvalue weighted by Gasteiger charge is -2.09. The number of Topliss-reactive ketones (excluding diaryl/α,β-unsaturated/α-hetero) is 1. The van der Waals surface area contributed by atoms with Crippen LogP contribution in [-0.4, -0.2) is 12.3 Å². The standard InChI is InChI=1S/C13H10F3NO2/c14-13(15,16)9-3-1-4-10(7-9)17-8-11(18)12-5-2-6-19-12/h1-7,17H,8H2. The number of furan rings is 1. The third kappa shape index (κ3) is 3.37. The fourth-order valence-electron chi connectivity index (χ4n) is 1.51. The Labute approximate surface area is 107 Å². The summed E-state index contributed by atoms with van der Waals surface area (Å²) in [6, 6.07) is 7.73. The first-order chi connectivity index (χ1) is 8.97. The van der Waals surface area contributed by atoms with Crippen LogP contribution < -0.4 is 5.32 Å². The van der Waals surface area contributed by atoms with E-state index in [0.29, 0.717) is 0 Å². The molecule has 0 aliphatic carbocycles. The fraction of sp³-hybridized carbons (Fsp3) is 0.154. The second-order valence-corrected chi connectivity index (χ2v) is 3.83. The molecule has 1 N–H and O–H groups in total. The normalized spacial score (nSPS) is 11.3. The Kier molecular flexibility index (Phi) is 3.59. The van der Waals surface area contributed by atoms with Crippen molar-refractivity contribution in [3.8, 4) is 0 Å². The van der Waals surface area contributed by atoms with Crippen molar-refractivity contribution in [1.82, 2.24) is 0 Å². The summed E-state index contributed by atoms with van der Waals surface area (Å²) >= 11 is 0. The van der Waals surface area contributed by atoms with E-state index in [1.807, 2.05) is 0 Å². The summed E-state index contributed by atoms with van der Waals surface area (Å²) in [7, 11) is 0. The highest BCUT2D eigenvalue weighted by atomic mass is 19.4. The van der Waals surface area contributed by atoms with Crippen LogP contribution in [0.15, 0.2) is 47.1 Å². The highest BCUT2D eigenvalue weighted by molar-refractivity contribution is 5.96. The van der Waals surface area contributed by atoms with Gasteiger partial charge in [0.05, 0.1) is 18.4 Å². The van der Waals surface area contributed by atoms with E-state index >= 15 is 0 Å². The lowest BCUT2D eigenvalue weighted by Crippen LogP contribution is -2.14. The van der Waals surface area contributed by atoms with Crippen LogP contribution in [0.2, 0.25) is 0 Å². The van der Waals surface area contributed by atoms with Crippen LogP contribution in [0.4, 0.5) is 18.9 Å². The van der Waals surface area contributed by atoms with Crippen molar-refractivity contribution >= 4 is 11.5 Å². The number of hydrogen-bond acceptors (Lipinski definition) is 3. The van der Waals surface area contributed by atoms with E-state index in [2.05, 4.69) is 5.32 Å².